The summed E-state index contributed by atoms with van der Waals surface area (Å²) in [5.41, 5.74) is 2.94. The minimum atomic E-state index is 0.0912. The monoisotopic (exact) mass is 341 g/mol. The number of amides is 1. The number of fused-ring (bicyclic) bond motifs is 1. The van der Waals surface area contributed by atoms with Crippen molar-refractivity contribution in [3.05, 3.63) is 41.5 Å². The molecule has 0 bridgehead atoms. The first-order chi connectivity index (χ1) is 11.7. The van der Waals surface area contributed by atoms with Crippen LogP contribution in [0.5, 0.6) is 5.75 Å². The highest BCUT2D eigenvalue weighted by atomic mass is 32.1. The van der Waals surface area contributed by atoms with E-state index < -0.39 is 0 Å². The average molecular weight is 341 g/mol. The van der Waals surface area contributed by atoms with E-state index in [4.69, 9.17) is 4.74 Å². The van der Waals surface area contributed by atoms with Crippen molar-refractivity contribution in [2.24, 2.45) is 0 Å². The molecule has 3 aromatic rings. The number of imidazole rings is 1. The number of hydrogen-bond donors (Lipinski definition) is 1. The van der Waals surface area contributed by atoms with Gasteiger partial charge < -0.3 is 10.1 Å². The number of nitrogens with one attached hydrogen (secondary N) is 1. The van der Waals surface area contributed by atoms with Gasteiger partial charge in [0.1, 0.15) is 5.75 Å². The predicted octanol–water partition coefficient (Wildman–Crippen LogP) is 3.28. The summed E-state index contributed by atoms with van der Waals surface area (Å²) < 4.78 is 7.49. The second-order valence-corrected chi connectivity index (χ2v) is 6.82. The second kappa shape index (κ2) is 6.28. The molecular weight excluding hydrogens is 322 g/mol. The molecular formula is C18H19N3O2S. The first-order valence-electron chi connectivity index (χ1n) is 8.21. The van der Waals surface area contributed by atoms with Gasteiger partial charge in [0.15, 0.2) is 4.96 Å². The van der Waals surface area contributed by atoms with Crippen LogP contribution in [-0.4, -0.2) is 27.9 Å². The summed E-state index contributed by atoms with van der Waals surface area (Å²) in [5, 5.41) is 5.04. The van der Waals surface area contributed by atoms with E-state index in [0.717, 1.165) is 40.5 Å². The van der Waals surface area contributed by atoms with Crippen LogP contribution in [0.15, 0.2) is 35.8 Å². The number of nitrogens with zero attached hydrogens (tertiary/aromatic N) is 2. The minimum absolute atomic E-state index is 0.0912. The molecule has 1 amide bonds. The van der Waals surface area contributed by atoms with Gasteiger partial charge in [0.25, 0.3) is 0 Å². The first kappa shape index (κ1) is 15.2. The standard InChI is InChI=1S/C18H19N3O2S/c1-2-23-15-7-3-12(4-8-15)16-10-21-14(11-24-18(21)20-16)9-17(22)19-13-5-6-13/h3-4,7-8,10-11,13H,2,5-6,9H2,1H3,(H,19,22). The van der Waals surface area contributed by atoms with Gasteiger partial charge in [-0.3, -0.25) is 9.20 Å². The molecule has 2 heterocycles. The van der Waals surface area contributed by atoms with Gasteiger partial charge in [-0.1, -0.05) is 0 Å². The van der Waals surface area contributed by atoms with Crippen LogP contribution in [0.3, 0.4) is 0 Å². The smallest absolute Gasteiger partial charge is 0.226 e. The summed E-state index contributed by atoms with van der Waals surface area (Å²) in [6.07, 6.45) is 4.62. The topological polar surface area (TPSA) is 55.6 Å². The van der Waals surface area contributed by atoms with Gasteiger partial charge in [-0.2, -0.15) is 0 Å². The van der Waals surface area contributed by atoms with Gasteiger partial charge in [-0.05, 0) is 44.0 Å². The van der Waals surface area contributed by atoms with Crippen LogP contribution in [0.25, 0.3) is 16.2 Å². The number of ether oxygens (including phenoxy) is 1. The van der Waals surface area contributed by atoms with E-state index in [1.165, 1.54) is 0 Å². The summed E-state index contributed by atoms with van der Waals surface area (Å²) in [7, 11) is 0. The van der Waals surface area contributed by atoms with Crippen LogP contribution in [0.4, 0.5) is 0 Å². The lowest BCUT2D eigenvalue weighted by molar-refractivity contribution is -0.120. The molecule has 0 spiro atoms. The number of aromatic nitrogens is 2. The Morgan fingerprint density at radius 3 is 2.88 bits per heavy atom. The normalized spacial score (nSPS) is 14.0. The maximum absolute atomic E-state index is 12.0. The Labute approximate surface area is 144 Å². The Kier molecular flexibility index (Phi) is 3.98. The number of rotatable bonds is 6. The molecule has 5 nitrogen and oxygen atoms in total. The van der Waals surface area contributed by atoms with Gasteiger partial charge in [0, 0.05) is 28.9 Å². The fourth-order valence-electron chi connectivity index (χ4n) is 2.66. The van der Waals surface area contributed by atoms with Crippen molar-refractivity contribution < 1.29 is 9.53 Å². The maximum atomic E-state index is 12.0. The Bertz CT molecular complexity index is 862. The van der Waals surface area contributed by atoms with Crippen molar-refractivity contribution in [1.82, 2.24) is 14.7 Å². The highest BCUT2D eigenvalue weighted by molar-refractivity contribution is 7.15. The van der Waals surface area contributed by atoms with Crippen molar-refractivity contribution in [3.8, 4) is 17.0 Å². The van der Waals surface area contributed by atoms with E-state index in [9.17, 15) is 4.79 Å². The van der Waals surface area contributed by atoms with Crippen molar-refractivity contribution >= 4 is 22.2 Å². The lowest BCUT2D eigenvalue weighted by Crippen LogP contribution is -2.27. The lowest BCUT2D eigenvalue weighted by atomic mass is 10.1. The van der Waals surface area contributed by atoms with Crippen molar-refractivity contribution in [2.45, 2.75) is 32.2 Å². The molecule has 0 radical (unpaired) electrons. The van der Waals surface area contributed by atoms with Gasteiger partial charge in [-0.15, -0.1) is 11.3 Å². The van der Waals surface area contributed by atoms with Crippen LogP contribution in [0.1, 0.15) is 25.5 Å². The zero-order valence-electron chi connectivity index (χ0n) is 13.5. The van der Waals surface area contributed by atoms with Crippen LogP contribution < -0.4 is 10.1 Å². The number of benzene rings is 1. The van der Waals surface area contributed by atoms with Crippen LogP contribution in [0, 0.1) is 0 Å². The fraction of sp³-hybridized carbons (Fsp3) is 0.333. The van der Waals surface area contributed by atoms with E-state index >= 15 is 0 Å². The van der Waals surface area contributed by atoms with E-state index in [1.807, 2.05) is 47.2 Å². The summed E-state index contributed by atoms with van der Waals surface area (Å²) in [4.78, 5) is 17.6. The molecule has 0 saturated heterocycles. The second-order valence-electron chi connectivity index (χ2n) is 5.98. The van der Waals surface area contributed by atoms with E-state index in [2.05, 4.69) is 10.3 Å². The lowest BCUT2D eigenvalue weighted by Gasteiger charge is -2.03. The number of carbonyl (C=O) groups is 1. The quantitative estimate of drug-likeness (QED) is 0.748. The van der Waals surface area contributed by atoms with Crippen LogP contribution in [-0.2, 0) is 11.2 Å². The third kappa shape index (κ3) is 3.14. The van der Waals surface area contributed by atoms with Crippen molar-refractivity contribution in [2.75, 3.05) is 6.61 Å². The molecule has 0 unspecified atom stereocenters. The summed E-state index contributed by atoms with van der Waals surface area (Å²) in [5.74, 6) is 0.952. The molecule has 1 N–H and O–H groups in total. The zero-order chi connectivity index (χ0) is 16.5. The van der Waals surface area contributed by atoms with Crippen LogP contribution >= 0.6 is 11.3 Å². The highest BCUT2D eigenvalue weighted by Gasteiger charge is 2.23. The summed E-state index contributed by atoms with van der Waals surface area (Å²) in [6, 6.07) is 8.33. The van der Waals surface area contributed by atoms with Crippen molar-refractivity contribution in [3.63, 3.8) is 0 Å². The molecule has 1 aliphatic carbocycles. The Balaban J connectivity index is 1.55. The molecule has 2 aromatic heterocycles. The molecule has 1 aromatic carbocycles. The molecule has 1 saturated carbocycles. The first-order valence-corrected chi connectivity index (χ1v) is 9.09. The highest BCUT2D eigenvalue weighted by Crippen LogP contribution is 2.26. The van der Waals surface area contributed by atoms with E-state index in [-0.39, 0.29) is 5.91 Å². The largest absolute Gasteiger partial charge is 0.494 e. The molecule has 1 fully saturated rings. The molecule has 0 aliphatic heterocycles. The Morgan fingerprint density at radius 1 is 1.38 bits per heavy atom. The predicted molar refractivity (Wildman–Crippen MR) is 94.5 cm³/mol. The van der Waals surface area contributed by atoms with Crippen molar-refractivity contribution in [1.29, 1.82) is 0 Å². The third-order valence-electron chi connectivity index (χ3n) is 4.03. The van der Waals surface area contributed by atoms with E-state index in [1.54, 1.807) is 11.3 Å². The molecule has 124 valence electrons. The van der Waals surface area contributed by atoms with Gasteiger partial charge in [0.05, 0.1) is 18.7 Å². The Hall–Kier alpha value is -2.34. The maximum Gasteiger partial charge on any atom is 0.226 e. The van der Waals surface area contributed by atoms with Gasteiger partial charge in [-0.25, -0.2) is 4.98 Å². The van der Waals surface area contributed by atoms with Crippen LogP contribution in [0.2, 0.25) is 0 Å². The molecule has 6 heteroatoms. The number of thiazole rings is 1. The Morgan fingerprint density at radius 2 is 2.17 bits per heavy atom. The number of carbonyl (C=O) groups excluding carboxylic acids is 1. The SMILES string of the molecule is CCOc1ccc(-c2cn3c(CC(=O)NC4CC4)csc3n2)cc1. The fourth-order valence-corrected chi connectivity index (χ4v) is 3.53. The summed E-state index contributed by atoms with van der Waals surface area (Å²) in [6.45, 7) is 2.63. The molecule has 1 aliphatic rings. The average Bonchev–Trinajstić information content (AvgIpc) is 3.16. The van der Waals surface area contributed by atoms with Gasteiger partial charge >= 0.3 is 0 Å². The third-order valence-corrected chi connectivity index (χ3v) is 4.92. The molecule has 24 heavy (non-hydrogen) atoms. The van der Waals surface area contributed by atoms with E-state index in [0.29, 0.717) is 19.1 Å². The molecule has 4 rings (SSSR count). The summed E-state index contributed by atoms with van der Waals surface area (Å²) >= 11 is 1.56. The molecule has 0 atom stereocenters. The van der Waals surface area contributed by atoms with Gasteiger partial charge in [0.2, 0.25) is 5.91 Å². The number of hydrogen-bond acceptors (Lipinski definition) is 4. The zero-order valence-corrected chi connectivity index (χ0v) is 14.3. The minimum Gasteiger partial charge on any atom is -0.494 e.